The van der Waals surface area contributed by atoms with Gasteiger partial charge in [-0.05, 0) is 80.2 Å². The molecule has 2 aliphatic heterocycles. The van der Waals surface area contributed by atoms with Crippen molar-refractivity contribution >= 4 is 12.0 Å². The summed E-state index contributed by atoms with van der Waals surface area (Å²) in [7, 11) is 0. The molecule has 2 bridgehead atoms. The van der Waals surface area contributed by atoms with Crippen LogP contribution in [0.4, 0.5) is 0 Å². The summed E-state index contributed by atoms with van der Waals surface area (Å²) in [5.41, 5.74) is 1.62. The van der Waals surface area contributed by atoms with Crippen LogP contribution < -0.4 is 4.74 Å². The molecule has 2 unspecified atom stereocenters. The lowest BCUT2D eigenvalue weighted by atomic mass is 9.48. The second kappa shape index (κ2) is 9.10. The van der Waals surface area contributed by atoms with Crippen molar-refractivity contribution in [2.75, 3.05) is 19.6 Å². The molecule has 2 aromatic rings. The third kappa shape index (κ3) is 3.78. The van der Waals surface area contributed by atoms with E-state index < -0.39 is 17.1 Å². The van der Waals surface area contributed by atoms with Gasteiger partial charge in [-0.3, -0.25) is 9.69 Å². The third-order valence-electron chi connectivity index (χ3n) is 10.2. The first-order chi connectivity index (χ1) is 18.8. The van der Waals surface area contributed by atoms with Gasteiger partial charge in [0, 0.05) is 30.8 Å². The molecule has 2 aromatic carbocycles. The largest absolute Gasteiger partial charge is 0.504 e. The number of carbonyl (C=O) groups is 1. The fraction of sp³-hybridized carbons (Fsp3) is 0.545. The zero-order chi connectivity index (χ0) is 26.9. The SMILES string of the molecule is CC(C)CN(C(=O)C=Cc1ccccc1)C1CC[C@@]2(O)[C@H]3Cc4ccc(O)c5c4[C@@]2(CCN3CC2CC2)C1O5. The van der Waals surface area contributed by atoms with E-state index in [9.17, 15) is 15.0 Å². The minimum atomic E-state index is -0.945. The van der Waals surface area contributed by atoms with Crippen LogP contribution in [0.15, 0.2) is 48.5 Å². The Kier molecular flexibility index (Phi) is 5.87. The molecule has 2 N–H and O–H groups in total. The van der Waals surface area contributed by atoms with Crippen molar-refractivity contribution in [1.29, 1.82) is 0 Å². The topological polar surface area (TPSA) is 73.2 Å². The van der Waals surface area contributed by atoms with E-state index in [-0.39, 0.29) is 29.7 Å². The molecule has 5 atom stereocenters. The Balaban J connectivity index is 1.29. The zero-order valence-electron chi connectivity index (χ0n) is 23.1. The predicted molar refractivity (Wildman–Crippen MR) is 151 cm³/mol. The Morgan fingerprint density at radius 1 is 1.15 bits per heavy atom. The first-order valence-corrected chi connectivity index (χ1v) is 14.8. The molecular formula is C33H40N2O4. The molecule has 7 rings (SSSR count). The van der Waals surface area contributed by atoms with Gasteiger partial charge in [0.15, 0.2) is 11.5 Å². The van der Waals surface area contributed by atoms with Crippen LogP contribution in [0.5, 0.6) is 11.5 Å². The summed E-state index contributed by atoms with van der Waals surface area (Å²) in [5, 5.41) is 23.7. The number of rotatable bonds is 7. The summed E-state index contributed by atoms with van der Waals surface area (Å²) in [5.74, 6) is 1.69. The Morgan fingerprint density at radius 3 is 2.69 bits per heavy atom. The van der Waals surface area contributed by atoms with Gasteiger partial charge in [0.25, 0.3) is 0 Å². The van der Waals surface area contributed by atoms with Crippen molar-refractivity contribution in [2.24, 2.45) is 11.8 Å². The summed E-state index contributed by atoms with van der Waals surface area (Å²) < 4.78 is 6.74. The minimum Gasteiger partial charge on any atom is -0.504 e. The number of phenols is 1. The molecule has 1 amide bonds. The van der Waals surface area contributed by atoms with Crippen LogP contribution >= 0.6 is 0 Å². The van der Waals surface area contributed by atoms with Crippen LogP contribution in [0.1, 0.15) is 62.6 Å². The van der Waals surface area contributed by atoms with Gasteiger partial charge in [0.1, 0.15) is 6.10 Å². The van der Waals surface area contributed by atoms with E-state index in [4.69, 9.17) is 4.74 Å². The number of phenolic OH excluding ortho intramolecular Hbond substituents is 1. The van der Waals surface area contributed by atoms with Crippen LogP contribution in [0, 0.1) is 11.8 Å². The molecule has 0 aromatic heterocycles. The summed E-state index contributed by atoms with van der Waals surface area (Å²) in [6, 6.07) is 13.5. The van der Waals surface area contributed by atoms with Gasteiger partial charge in [-0.25, -0.2) is 0 Å². The van der Waals surface area contributed by atoms with Crippen molar-refractivity contribution in [2.45, 2.75) is 81.6 Å². The number of likely N-dealkylation sites (tertiary alicyclic amines) is 1. The summed E-state index contributed by atoms with van der Waals surface area (Å²) in [6.45, 7) is 6.86. The van der Waals surface area contributed by atoms with Crippen molar-refractivity contribution in [1.82, 2.24) is 9.80 Å². The molecule has 5 aliphatic rings. The highest BCUT2D eigenvalue weighted by Crippen LogP contribution is 2.66. The fourth-order valence-electron chi connectivity index (χ4n) is 8.38. The Bertz CT molecular complexity index is 1300. The average molecular weight is 529 g/mol. The van der Waals surface area contributed by atoms with Gasteiger partial charge in [-0.1, -0.05) is 50.2 Å². The number of benzene rings is 2. The van der Waals surface area contributed by atoms with E-state index in [2.05, 4.69) is 18.7 Å². The standard InChI is InChI=1S/C33H40N2O4/c1-21(2)19-35(28(37)13-10-22-6-4-3-5-7-22)25-14-15-33(38)27-18-24-11-12-26(36)30-29(24)32(33,31(25)39-30)16-17-34(27)20-23-8-9-23/h3-7,10-13,21,23,25,27,31,36,38H,8-9,14-20H2,1-2H3/t25?,27-,31?,32+,33-/m1/s1. The van der Waals surface area contributed by atoms with Gasteiger partial charge in [0.2, 0.25) is 5.91 Å². The molecule has 0 radical (unpaired) electrons. The van der Waals surface area contributed by atoms with E-state index in [1.54, 1.807) is 12.1 Å². The number of aliphatic hydroxyl groups is 1. The number of carbonyl (C=O) groups excluding carboxylic acids is 1. The van der Waals surface area contributed by atoms with E-state index in [1.807, 2.05) is 47.4 Å². The second-order valence-corrected chi connectivity index (χ2v) is 13.0. The maximum absolute atomic E-state index is 13.8. The molecule has 3 fully saturated rings. The quantitative estimate of drug-likeness (QED) is 0.517. The van der Waals surface area contributed by atoms with Crippen molar-refractivity contribution in [3.63, 3.8) is 0 Å². The zero-order valence-corrected chi connectivity index (χ0v) is 23.1. The van der Waals surface area contributed by atoms with Gasteiger partial charge in [0.05, 0.1) is 17.1 Å². The maximum atomic E-state index is 13.8. The Hall–Kier alpha value is -2.83. The first-order valence-electron chi connectivity index (χ1n) is 14.8. The van der Waals surface area contributed by atoms with E-state index in [0.717, 1.165) is 43.0 Å². The van der Waals surface area contributed by atoms with Crippen LogP contribution in [-0.4, -0.2) is 69.3 Å². The molecule has 3 aliphatic carbocycles. The van der Waals surface area contributed by atoms with Crippen LogP contribution in [0.3, 0.4) is 0 Å². The number of hydrogen-bond donors (Lipinski definition) is 2. The molecule has 1 saturated heterocycles. The molecule has 2 saturated carbocycles. The molecule has 206 valence electrons. The average Bonchev–Trinajstić information content (AvgIpc) is 3.67. The fourth-order valence-corrected chi connectivity index (χ4v) is 8.38. The number of piperidine rings is 1. The predicted octanol–water partition coefficient (Wildman–Crippen LogP) is 4.52. The Labute approximate surface area is 231 Å². The number of hydrogen-bond acceptors (Lipinski definition) is 5. The highest BCUT2D eigenvalue weighted by molar-refractivity contribution is 5.92. The van der Waals surface area contributed by atoms with Crippen molar-refractivity contribution < 1.29 is 19.7 Å². The number of ether oxygens (including phenoxy) is 1. The van der Waals surface area contributed by atoms with Crippen LogP contribution in [0.2, 0.25) is 0 Å². The molecule has 6 heteroatoms. The van der Waals surface area contributed by atoms with E-state index >= 15 is 0 Å². The molecule has 6 nitrogen and oxygen atoms in total. The summed E-state index contributed by atoms with van der Waals surface area (Å²) in [4.78, 5) is 18.4. The lowest BCUT2D eigenvalue weighted by Crippen LogP contribution is -2.78. The highest BCUT2D eigenvalue weighted by atomic mass is 16.5. The smallest absolute Gasteiger partial charge is 0.246 e. The minimum absolute atomic E-state index is 0.0260. The van der Waals surface area contributed by atoms with Gasteiger partial charge in [-0.2, -0.15) is 0 Å². The van der Waals surface area contributed by atoms with Crippen molar-refractivity contribution in [3.8, 4) is 11.5 Å². The van der Waals surface area contributed by atoms with E-state index in [1.165, 1.54) is 18.4 Å². The first kappa shape index (κ1) is 25.2. The van der Waals surface area contributed by atoms with Gasteiger partial charge >= 0.3 is 0 Å². The third-order valence-corrected chi connectivity index (χ3v) is 10.2. The highest BCUT2D eigenvalue weighted by Gasteiger charge is 2.73. The number of nitrogens with zero attached hydrogens (tertiary/aromatic N) is 2. The second-order valence-electron chi connectivity index (χ2n) is 13.0. The molecular weight excluding hydrogens is 488 g/mol. The van der Waals surface area contributed by atoms with Crippen LogP contribution in [-0.2, 0) is 16.6 Å². The van der Waals surface area contributed by atoms with E-state index in [0.29, 0.717) is 25.1 Å². The number of aromatic hydroxyl groups is 1. The lowest BCUT2D eigenvalue weighted by Gasteiger charge is -2.65. The van der Waals surface area contributed by atoms with Gasteiger partial charge in [-0.15, -0.1) is 0 Å². The number of amides is 1. The molecule has 39 heavy (non-hydrogen) atoms. The van der Waals surface area contributed by atoms with Crippen LogP contribution in [0.25, 0.3) is 6.08 Å². The maximum Gasteiger partial charge on any atom is 0.246 e. The summed E-state index contributed by atoms with van der Waals surface area (Å²) in [6.07, 6.45) is 8.62. The van der Waals surface area contributed by atoms with Gasteiger partial charge < -0.3 is 19.8 Å². The molecule has 2 heterocycles. The monoisotopic (exact) mass is 528 g/mol. The Morgan fingerprint density at radius 2 is 1.95 bits per heavy atom. The summed E-state index contributed by atoms with van der Waals surface area (Å²) >= 11 is 0. The van der Waals surface area contributed by atoms with Crippen molar-refractivity contribution in [3.05, 3.63) is 65.2 Å². The lowest BCUT2D eigenvalue weighted by molar-refractivity contribution is -0.201. The molecule has 1 spiro atoms. The normalized spacial score (nSPS) is 32.8.